The summed E-state index contributed by atoms with van der Waals surface area (Å²) in [5.41, 5.74) is 1.80. The molecule has 2 aromatic rings. The van der Waals surface area contributed by atoms with Gasteiger partial charge in [0, 0.05) is 49.6 Å². The lowest BCUT2D eigenvalue weighted by molar-refractivity contribution is 0.0984. The van der Waals surface area contributed by atoms with E-state index in [-0.39, 0.29) is 11.3 Å². The molecule has 1 aliphatic heterocycles. The van der Waals surface area contributed by atoms with Gasteiger partial charge in [0.2, 0.25) is 0 Å². The van der Waals surface area contributed by atoms with Crippen molar-refractivity contribution in [2.45, 2.75) is 19.4 Å². The van der Waals surface area contributed by atoms with Gasteiger partial charge in [0.05, 0.1) is 0 Å². The Bertz CT molecular complexity index is 706. The number of carbonyl (C=O) groups excluding carboxylic acids is 1. The summed E-state index contributed by atoms with van der Waals surface area (Å²) in [4.78, 5) is 26.1. The van der Waals surface area contributed by atoms with Gasteiger partial charge in [-0.25, -0.2) is 0 Å². The molecule has 0 unspecified atom stereocenters. The highest BCUT2D eigenvalue weighted by Crippen LogP contribution is 2.25. The first kappa shape index (κ1) is 13.6. The number of para-hydroxylation sites is 1. The van der Waals surface area contributed by atoms with E-state index in [1.807, 2.05) is 30.3 Å². The van der Waals surface area contributed by atoms with Gasteiger partial charge >= 0.3 is 0 Å². The number of benzene rings is 1. The first-order valence-electron chi connectivity index (χ1n) is 7.28. The van der Waals surface area contributed by atoms with Gasteiger partial charge in [-0.05, 0) is 24.6 Å². The smallest absolute Gasteiger partial charge is 0.250 e. The number of hydrogen-bond acceptors (Lipinski definition) is 3. The molecule has 2 heterocycles. The van der Waals surface area contributed by atoms with Crippen molar-refractivity contribution in [2.75, 3.05) is 18.0 Å². The third-order valence-electron chi connectivity index (χ3n) is 3.89. The van der Waals surface area contributed by atoms with E-state index in [1.165, 1.54) is 0 Å². The summed E-state index contributed by atoms with van der Waals surface area (Å²) in [7, 11) is 0. The van der Waals surface area contributed by atoms with Gasteiger partial charge in [-0.1, -0.05) is 18.2 Å². The zero-order valence-corrected chi connectivity index (χ0v) is 11.9. The molecule has 21 heavy (non-hydrogen) atoms. The molecular formula is C17H18N2O2. The summed E-state index contributed by atoms with van der Waals surface area (Å²) in [6.07, 6.45) is 3.26. The van der Waals surface area contributed by atoms with Crippen molar-refractivity contribution in [3.05, 3.63) is 64.6 Å². The molecule has 0 saturated heterocycles. The number of ketones is 1. The molecule has 1 aromatic carbocycles. The Morgan fingerprint density at radius 2 is 1.76 bits per heavy atom. The molecule has 108 valence electrons. The van der Waals surface area contributed by atoms with Crippen molar-refractivity contribution < 1.29 is 4.79 Å². The van der Waals surface area contributed by atoms with Crippen LogP contribution in [0, 0.1) is 0 Å². The van der Waals surface area contributed by atoms with Gasteiger partial charge in [-0.15, -0.1) is 0 Å². The first-order valence-corrected chi connectivity index (χ1v) is 7.28. The fourth-order valence-electron chi connectivity index (χ4n) is 2.78. The highest BCUT2D eigenvalue weighted by molar-refractivity contribution is 6.01. The number of nitrogens with zero attached hydrogens (tertiary/aromatic N) is 2. The van der Waals surface area contributed by atoms with Crippen LogP contribution < -0.4 is 10.5 Å². The van der Waals surface area contributed by atoms with Crippen LogP contribution in [0.3, 0.4) is 0 Å². The molecule has 0 atom stereocenters. The van der Waals surface area contributed by atoms with Gasteiger partial charge in [0.25, 0.3) is 5.56 Å². The highest BCUT2D eigenvalue weighted by atomic mass is 16.1. The molecule has 0 N–H and O–H groups in total. The molecule has 0 radical (unpaired) electrons. The number of hydrogen-bond donors (Lipinski definition) is 0. The highest BCUT2D eigenvalue weighted by Gasteiger charge is 2.19. The Hall–Kier alpha value is -2.36. The molecule has 1 aliphatic rings. The standard InChI is InChI=1S/C17H18N2O2/c20-16-8-5-11-18(15-7-2-1-6-14(15)16)12-13-19-10-4-3-9-17(19)21/h1-4,6-7,9-10H,5,8,11-13H2. The van der Waals surface area contributed by atoms with Crippen molar-refractivity contribution in [1.29, 1.82) is 0 Å². The number of anilines is 1. The number of carbonyl (C=O) groups is 1. The van der Waals surface area contributed by atoms with E-state index >= 15 is 0 Å². The lowest BCUT2D eigenvalue weighted by Crippen LogP contribution is -2.31. The van der Waals surface area contributed by atoms with Crippen LogP contribution in [-0.4, -0.2) is 23.4 Å². The number of rotatable bonds is 3. The van der Waals surface area contributed by atoms with E-state index in [0.29, 0.717) is 13.0 Å². The molecule has 4 nitrogen and oxygen atoms in total. The van der Waals surface area contributed by atoms with E-state index in [2.05, 4.69) is 4.90 Å². The van der Waals surface area contributed by atoms with Gasteiger partial charge in [-0.2, -0.15) is 0 Å². The van der Waals surface area contributed by atoms with Gasteiger partial charge in [-0.3, -0.25) is 9.59 Å². The summed E-state index contributed by atoms with van der Waals surface area (Å²) >= 11 is 0. The lowest BCUT2D eigenvalue weighted by Gasteiger charge is -2.24. The quantitative estimate of drug-likeness (QED) is 0.867. The Balaban J connectivity index is 1.82. The predicted molar refractivity (Wildman–Crippen MR) is 82.9 cm³/mol. The Kier molecular flexibility index (Phi) is 3.86. The fourth-order valence-corrected chi connectivity index (χ4v) is 2.78. The number of fused-ring (bicyclic) bond motifs is 1. The average molecular weight is 282 g/mol. The maximum Gasteiger partial charge on any atom is 0.250 e. The second-order valence-corrected chi connectivity index (χ2v) is 5.26. The molecule has 3 rings (SSSR count). The third kappa shape index (κ3) is 2.89. The molecule has 0 fully saturated rings. The fraction of sp³-hybridized carbons (Fsp3) is 0.294. The number of aromatic nitrogens is 1. The maximum atomic E-state index is 12.1. The molecule has 0 bridgehead atoms. The van der Waals surface area contributed by atoms with Gasteiger partial charge in [0.1, 0.15) is 0 Å². The zero-order chi connectivity index (χ0) is 14.7. The topological polar surface area (TPSA) is 42.3 Å². The summed E-state index contributed by atoms with van der Waals surface area (Å²) in [5.74, 6) is 0.213. The summed E-state index contributed by atoms with van der Waals surface area (Å²) in [5, 5.41) is 0. The van der Waals surface area contributed by atoms with Crippen LogP contribution in [0.25, 0.3) is 0 Å². The number of Topliss-reactive ketones (excluding diaryl/α,β-unsaturated/α-hetero) is 1. The molecule has 0 spiro atoms. The SMILES string of the molecule is O=C1CCCN(CCn2ccccc2=O)c2ccccc21. The third-order valence-corrected chi connectivity index (χ3v) is 3.89. The van der Waals surface area contributed by atoms with E-state index < -0.39 is 0 Å². The van der Waals surface area contributed by atoms with Crippen LogP contribution in [0.15, 0.2) is 53.5 Å². The predicted octanol–water partition coefficient (Wildman–Crippen LogP) is 2.33. The van der Waals surface area contributed by atoms with Gasteiger partial charge in [0.15, 0.2) is 5.78 Å². The van der Waals surface area contributed by atoms with Crippen LogP contribution >= 0.6 is 0 Å². The van der Waals surface area contributed by atoms with E-state index in [9.17, 15) is 9.59 Å². The van der Waals surface area contributed by atoms with Crippen molar-refractivity contribution in [2.24, 2.45) is 0 Å². The minimum absolute atomic E-state index is 0.0108. The van der Waals surface area contributed by atoms with E-state index in [1.54, 1.807) is 22.9 Å². The Morgan fingerprint density at radius 3 is 2.62 bits per heavy atom. The number of pyridine rings is 1. The van der Waals surface area contributed by atoms with Crippen molar-refractivity contribution >= 4 is 11.5 Å². The molecule has 1 aromatic heterocycles. The summed E-state index contributed by atoms with van der Waals surface area (Å²) in [6, 6.07) is 12.9. The second-order valence-electron chi connectivity index (χ2n) is 5.26. The van der Waals surface area contributed by atoms with Crippen LogP contribution in [0.2, 0.25) is 0 Å². The second kappa shape index (κ2) is 5.95. The van der Waals surface area contributed by atoms with Crippen molar-refractivity contribution in [3.63, 3.8) is 0 Å². The molecule has 0 amide bonds. The van der Waals surface area contributed by atoms with Crippen LogP contribution in [0.5, 0.6) is 0 Å². The molecule has 0 aliphatic carbocycles. The Morgan fingerprint density at radius 1 is 0.952 bits per heavy atom. The van der Waals surface area contributed by atoms with Crippen molar-refractivity contribution in [1.82, 2.24) is 4.57 Å². The lowest BCUT2D eigenvalue weighted by atomic mass is 10.1. The van der Waals surface area contributed by atoms with E-state index in [0.717, 1.165) is 30.8 Å². The van der Waals surface area contributed by atoms with E-state index in [4.69, 9.17) is 0 Å². The average Bonchev–Trinajstić information content (AvgIpc) is 2.67. The molecular weight excluding hydrogens is 264 g/mol. The normalized spacial score (nSPS) is 14.7. The molecule has 0 saturated carbocycles. The monoisotopic (exact) mass is 282 g/mol. The van der Waals surface area contributed by atoms with Crippen molar-refractivity contribution in [3.8, 4) is 0 Å². The van der Waals surface area contributed by atoms with Gasteiger partial charge < -0.3 is 9.47 Å². The van der Waals surface area contributed by atoms with Crippen LogP contribution in [-0.2, 0) is 6.54 Å². The maximum absolute atomic E-state index is 12.1. The minimum atomic E-state index is 0.0108. The molecule has 4 heteroatoms. The van der Waals surface area contributed by atoms with Crippen LogP contribution in [0.1, 0.15) is 23.2 Å². The summed E-state index contributed by atoms with van der Waals surface area (Å²) in [6.45, 7) is 2.21. The van der Waals surface area contributed by atoms with Crippen LogP contribution in [0.4, 0.5) is 5.69 Å². The zero-order valence-electron chi connectivity index (χ0n) is 11.9. The summed E-state index contributed by atoms with van der Waals surface area (Å²) < 4.78 is 1.70. The minimum Gasteiger partial charge on any atom is -0.369 e. The Labute approximate surface area is 123 Å². The first-order chi connectivity index (χ1) is 10.3. The largest absolute Gasteiger partial charge is 0.369 e.